The van der Waals surface area contributed by atoms with Crippen LogP contribution in [0.1, 0.15) is 51.9 Å². The highest BCUT2D eigenvalue weighted by molar-refractivity contribution is 5.89. The summed E-state index contributed by atoms with van der Waals surface area (Å²) >= 11 is 0. The molecule has 3 aliphatic carbocycles. The zero-order valence-electron chi connectivity index (χ0n) is 12.7. The Morgan fingerprint density at radius 3 is 2.29 bits per heavy atom. The van der Waals surface area contributed by atoms with E-state index in [1.807, 2.05) is 0 Å². The first kappa shape index (κ1) is 14.8. The lowest BCUT2D eigenvalue weighted by Gasteiger charge is -2.38. The van der Waals surface area contributed by atoms with Crippen molar-refractivity contribution >= 4 is 11.9 Å². The lowest BCUT2D eigenvalue weighted by molar-refractivity contribution is -0.150. The second-order valence-electron chi connectivity index (χ2n) is 7.50. The first-order valence-corrected chi connectivity index (χ1v) is 8.24. The van der Waals surface area contributed by atoms with Crippen molar-refractivity contribution in [2.75, 3.05) is 0 Å². The molecule has 0 aliphatic heterocycles. The van der Waals surface area contributed by atoms with Crippen LogP contribution in [0.25, 0.3) is 0 Å². The fourth-order valence-electron chi connectivity index (χ4n) is 4.69. The van der Waals surface area contributed by atoms with Crippen LogP contribution >= 0.6 is 0 Å². The van der Waals surface area contributed by atoms with E-state index in [2.05, 4.69) is 12.2 Å². The molecule has 1 amide bonds. The minimum absolute atomic E-state index is 0.0860. The van der Waals surface area contributed by atoms with Crippen LogP contribution in [-0.4, -0.2) is 28.6 Å². The monoisotopic (exact) mass is 294 g/mol. The molecule has 5 nitrogen and oxygen atoms in total. The van der Waals surface area contributed by atoms with E-state index in [-0.39, 0.29) is 17.9 Å². The summed E-state index contributed by atoms with van der Waals surface area (Å²) in [6.45, 7) is 2.14. The molecule has 0 heterocycles. The maximum Gasteiger partial charge on any atom is 0.329 e. The first-order chi connectivity index (χ1) is 9.93. The van der Waals surface area contributed by atoms with Crippen LogP contribution in [0.5, 0.6) is 0 Å². The maximum atomic E-state index is 12.7. The maximum absolute atomic E-state index is 12.7. The number of carboxylic acids is 1. The van der Waals surface area contributed by atoms with Crippen molar-refractivity contribution < 1.29 is 14.7 Å². The summed E-state index contributed by atoms with van der Waals surface area (Å²) in [5, 5.41) is 12.5. The Kier molecular flexibility index (Phi) is 3.72. The number of hydrogen-bond donors (Lipinski definition) is 3. The van der Waals surface area contributed by atoms with E-state index in [1.165, 1.54) is 0 Å². The fraction of sp³-hybridized carbons (Fsp3) is 0.875. The second kappa shape index (κ2) is 5.27. The van der Waals surface area contributed by atoms with E-state index in [0.717, 1.165) is 32.1 Å². The summed E-state index contributed by atoms with van der Waals surface area (Å²) in [4.78, 5) is 24.4. The van der Waals surface area contributed by atoms with Crippen molar-refractivity contribution in [1.29, 1.82) is 0 Å². The van der Waals surface area contributed by atoms with Gasteiger partial charge in [0, 0.05) is 6.04 Å². The molecule has 118 valence electrons. The van der Waals surface area contributed by atoms with Crippen molar-refractivity contribution in [3.05, 3.63) is 0 Å². The van der Waals surface area contributed by atoms with Crippen LogP contribution in [0, 0.1) is 23.7 Å². The van der Waals surface area contributed by atoms with Crippen molar-refractivity contribution in [2.45, 2.75) is 63.5 Å². The normalized spacial score (nSPS) is 45.5. The smallest absolute Gasteiger partial charge is 0.329 e. The van der Waals surface area contributed by atoms with Crippen LogP contribution in [-0.2, 0) is 9.59 Å². The van der Waals surface area contributed by atoms with E-state index in [0.29, 0.717) is 30.6 Å². The van der Waals surface area contributed by atoms with E-state index in [4.69, 9.17) is 5.73 Å². The van der Waals surface area contributed by atoms with Gasteiger partial charge in [0.1, 0.15) is 5.54 Å². The predicted octanol–water partition coefficient (Wildman–Crippen LogP) is 1.51. The SMILES string of the molecule is CC1CCC(NC(=O)C2C3CCC(C3)C2N)(C(=O)O)CC1. The first-order valence-electron chi connectivity index (χ1n) is 8.24. The summed E-state index contributed by atoms with van der Waals surface area (Å²) in [6.07, 6.45) is 6.00. The van der Waals surface area contributed by atoms with Gasteiger partial charge in [-0.25, -0.2) is 4.79 Å². The fourth-order valence-corrected chi connectivity index (χ4v) is 4.69. The molecule has 0 aromatic rings. The zero-order chi connectivity index (χ0) is 15.2. The Balaban J connectivity index is 1.71. The summed E-state index contributed by atoms with van der Waals surface area (Å²) in [5.41, 5.74) is 5.14. The van der Waals surface area contributed by atoms with Gasteiger partial charge in [-0.1, -0.05) is 6.92 Å². The number of carboxylic acid groups (broad SMARTS) is 1. The van der Waals surface area contributed by atoms with Crippen LogP contribution in [0.3, 0.4) is 0 Å². The second-order valence-corrected chi connectivity index (χ2v) is 7.50. The van der Waals surface area contributed by atoms with Crippen LogP contribution in [0.15, 0.2) is 0 Å². The van der Waals surface area contributed by atoms with Crippen LogP contribution < -0.4 is 11.1 Å². The number of carbonyl (C=O) groups excluding carboxylic acids is 1. The van der Waals surface area contributed by atoms with Crippen LogP contribution in [0.4, 0.5) is 0 Å². The van der Waals surface area contributed by atoms with Gasteiger partial charge in [0.25, 0.3) is 0 Å². The third-order valence-corrected chi connectivity index (χ3v) is 6.18. The van der Waals surface area contributed by atoms with E-state index < -0.39 is 11.5 Å². The Morgan fingerprint density at radius 1 is 1.14 bits per heavy atom. The standard InChI is InChI=1S/C16H26N2O3/c1-9-4-6-16(7-5-9,15(20)21)18-14(19)12-10-2-3-11(8-10)13(12)17/h9-13H,2-8,17H2,1H3,(H,18,19)(H,20,21). The van der Waals surface area contributed by atoms with Gasteiger partial charge in [-0.2, -0.15) is 0 Å². The van der Waals surface area contributed by atoms with Gasteiger partial charge in [0.2, 0.25) is 5.91 Å². The molecule has 0 radical (unpaired) electrons. The number of rotatable bonds is 3. The quantitative estimate of drug-likeness (QED) is 0.735. The average Bonchev–Trinajstić information content (AvgIpc) is 3.02. The Morgan fingerprint density at radius 2 is 1.76 bits per heavy atom. The van der Waals surface area contributed by atoms with Gasteiger partial charge in [-0.3, -0.25) is 4.79 Å². The Labute approximate surface area is 125 Å². The average molecular weight is 294 g/mol. The number of aliphatic carboxylic acids is 1. The third-order valence-electron chi connectivity index (χ3n) is 6.18. The molecule has 2 bridgehead atoms. The van der Waals surface area contributed by atoms with Crippen molar-refractivity contribution in [3.63, 3.8) is 0 Å². The van der Waals surface area contributed by atoms with Gasteiger partial charge < -0.3 is 16.2 Å². The molecular formula is C16H26N2O3. The zero-order valence-corrected chi connectivity index (χ0v) is 12.7. The third kappa shape index (κ3) is 2.45. The molecular weight excluding hydrogens is 268 g/mol. The predicted molar refractivity (Wildman–Crippen MR) is 78.4 cm³/mol. The summed E-state index contributed by atoms with van der Waals surface area (Å²) < 4.78 is 0. The minimum Gasteiger partial charge on any atom is -0.480 e. The summed E-state index contributed by atoms with van der Waals surface area (Å²) in [5.74, 6) is 0.167. The Bertz CT molecular complexity index is 441. The number of hydrogen-bond acceptors (Lipinski definition) is 3. The molecule has 4 unspecified atom stereocenters. The topological polar surface area (TPSA) is 92.4 Å². The molecule has 3 aliphatic rings. The number of amides is 1. The summed E-state index contributed by atoms with van der Waals surface area (Å²) in [6, 6.07) is -0.0860. The summed E-state index contributed by atoms with van der Waals surface area (Å²) in [7, 11) is 0. The Hall–Kier alpha value is -1.10. The molecule has 0 aromatic heterocycles. The molecule has 3 saturated carbocycles. The van der Waals surface area contributed by atoms with Gasteiger partial charge in [0.05, 0.1) is 5.92 Å². The number of nitrogens with two attached hydrogens (primary N) is 1. The van der Waals surface area contributed by atoms with Gasteiger partial charge in [-0.15, -0.1) is 0 Å². The molecule has 3 fully saturated rings. The molecule has 0 saturated heterocycles. The lowest BCUT2D eigenvalue weighted by atomic mass is 9.76. The van der Waals surface area contributed by atoms with E-state index in [9.17, 15) is 14.7 Å². The number of fused-ring (bicyclic) bond motifs is 2. The molecule has 4 atom stereocenters. The highest BCUT2D eigenvalue weighted by atomic mass is 16.4. The van der Waals surface area contributed by atoms with Gasteiger partial charge in [-0.05, 0) is 62.7 Å². The molecule has 21 heavy (non-hydrogen) atoms. The highest BCUT2D eigenvalue weighted by Gasteiger charge is 2.51. The molecule has 0 spiro atoms. The van der Waals surface area contributed by atoms with Crippen molar-refractivity contribution in [3.8, 4) is 0 Å². The molecule has 3 rings (SSSR count). The van der Waals surface area contributed by atoms with E-state index in [1.54, 1.807) is 0 Å². The largest absolute Gasteiger partial charge is 0.480 e. The number of nitrogens with one attached hydrogen (secondary N) is 1. The van der Waals surface area contributed by atoms with Gasteiger partial charge in [0.15, 0.2) is 0 Å². The van der Waals surface area contributed by atoms with Gasteiger partial charge >= 0.3 is 5.97 Å². The van der Waals surface area contributed by atoms with Crippen LogP contribution in [0.2, 0.25) is 0 Å². The molecule has 4 N–H and O–H groups in total. The van der Waals surface area contributed by atoms with Crippen molar-refractivity contribution in [1.82, 2.24) is 5.32 Å². The minimum atomic E-state index is -1.06. The highest BCUT2D eigenvalue weighted by Crippen LogP contribution is 2.48. The number of carbonyl (C=O) groups is 2. The molecule has 0 aromatic carbocycles. The van der Waals surface area contributed by atoms with E-state index >= 15 is 0 Å². The lowest BCUT2D eigenvalue weighted by Crippen LogP contribution is -2.59. The van der Waals surface area contributed by atoms with Crippen molar-refractivity contribution in [2.24, 2.45) is 29.4 Å². The molecule has 5 heteroatoms.